The summed E-state index contributed by atoms with van der Waals surface area (Å²) < 4.78 is 5.18. The molecule has 0 amide bonds. The zero-order valence-corrected chi connectivity index (χ0v) is 15.7. The van der Waals surface area contributed by atoms with Crippen LogP contribution in [-0.2, 0) is 16.0 Å². The number of rotatable bonds is 14. The molecule has 1 aromatic heterocycles. The summed E-state index contributed by atoms with van der Waals surface area (Å²) in [6.07, 6.45) is 12.4. The fourth-order valence-electron chi connectivity index (χ4n) is 2.75. The molecule has 0 fully saturated rings. The molecule has 0 bridgehead atoms. The summed E-state index contributed by atoms with van der Waals surface area (Å²) in [5, 5.41) is 12.4. The quantitative estimate of drug-likeness (QED) is 0.374. The molecule has 0 aliphatic heterocycles. The minimum atomic E-state index is -0.442. The molecule has 0 radical (unpaired) electrons. The molecule has 24 heavy (non-hydrogen) atoms. The van der Waals surface area contributed by atoms with E-state index in [-0.39, 0.29) is 5.97 Å². The van der Waals surface area contributed by atoms with E-state index in [0.29, 0.717) is 12.4 Å². The van der Waals surface area contributed by atoms with Crippen molar-refractivity contribution in [1.29, 1.82) is 0 Å². The number of esters is 1. The first-order chi connectivity index (χ1) is 11.7. The van der Waals surface area contributed by atoms with E-state index in [0.717, 1.165) is 32.1 Å². The normalized spacial score (nSPS) is 12.3. The molecule has 138 valence electrons. The molecule has 0 saturated carbocycles. The van der Waals surface area contributed by atoms with E-state index in [1.807, 2.05) is 6.92 Å². The van der Waals surface area contributed by atoms with E-state index in [1.165, 1.54) is 43.3 Å². The standard InChI is InChI=1S/C18H34N4O2/c1-4-7-8-9-10-11-12-13-15-16(18(23)24-6-3)22-20-17(14-5-2)19-21-22/h16H,4-15H2,1-3H3. The molecule has 1 rings (SSSR count). The number of carbonyl (C=O) groups is 1. The average molecular weight is 338 g/mol. The van der Waals surface area contributed by atoms with Gasteiger partial charge in [0.1, 0.15) is 0 Å². The smallest absolute Gasteiger partial charge is 0.332 e. The van der Waals surface area contributed by atoms with Crippen molar-refractivity contribution in [2.45, 2.75) is 97.4 Å². The Kier molecular flexibility index (Phi) is 11.1. The summed E-state index contributed by atoms with van der Waals surface area (Å²) in [7, 11) is 0. The molecule has 0 saturated heterocycles. The fraction of sp³-hybridized carbons (Fsp3) is 0.889. The Bertz CT molecular complexity index is 448. The van der Waals surface area contributed by atoms with Gasteiger partial charge in [-0.1, -0.05) is 65.2 Å². The molecular formula is C18H34N4O2. The minimum absolute atomic E-state index is 0.249. The molecule has 6 nitrogen and oxygen atoms in total. The predicted octanol–water partition coefficient (Wildman–Crippen LogP) is 4.26. The lowest BCUT2D eigenvalue weighted by Crippen LogP contribution is -2.24. The second-order valence-electron chi connectivity index (χ2n) is 6.31. The molecule has 0 aromatic carbocycles. The van der Waals surface area contributed by atoms with Crippen LogP contribution in [0.3, 0.4) is 0 Å². The lowest BCUT2D eigenvalue weighted by Gasteiger charge is -2.14. The van der Waals surface area contributed by atoms with Crippen molar-refractivity contribution in [2.75, 3.05) is 6.61 Å². The summed E-state index contributed by atoms with van der Waals surface area (Å²) in [5.74, 6) is 0.448. The topological polar surface area (TPSA) is 69.9 Å². The lowest BCUT2D eigenvalue weighted by molar-refractivity contribution is -0.148. The monoisotopic (exact) mass is 338 g/mol. The van der Waals surface area contributed by atoms with Crippen LogP contribution < -0.4 is 0 Å². The number of unbranched alkanes of at least 4 members (excludes halogenated alkanes) is 7. The number of aromatic nitrogens is 4. The van der Waals surface area contributed by atoms with Crippen LogP contribution in [0.4, 0.5) is 0 Å². The number of hydrogen-bond acceptors (Lipinski definition) is 5. The summed E-state index contributed by atoms with van der Waals surface area (Å²) in [6, 6.07) is -0.442. The van der Waals surface area contributed by atoms with Crippen molar-refractivity contribution < 1.29 is 9.53 Å². The van der Waals surface area contributed by atoms with Crippen molar-refractivity contribution in [1.82, 2.24) is 20.2 Å². The summed E-state index contributed by atoms with van der Waals surface area (Å²) in [6.45, 7) is 6.51. The van der Waals surface area contributed by atoms with E-state index < -0.39 is 6.04 Å². The van der Waals surface area contributed by atoms with Crippen molar-refractivity contribution in [2.24, 2.45) is 0 Å². The van der Waals surface area contributed by atoms with Crippen LogP contribution in [0, 0.1) is 0 Å². The Labute approximate surface area is 146 Å². The van der Waals surface area contributed by atoms with E-state index in [4.69, 9.17) is 4.74 Å². The van der Waals surface area contributed by atoms with Crippen LogP contribution in [0.25, 0.3) is 0 Å². The molecule has 0 aliphatic carbocycles. The van der Waals surface area contributed by atoms with Gasteiger partial charge in [0.25, 0.3) is 0 Å². The Balaban J connectivity index is 2.41. The number of nitrogens with zero attached hydrogens (tertiary/aromatic N) is 4. The van der Waals surface area contributed by atoms with Crippen LogP contribution in [-0.4, -0.2) is 32.8 Å². The maximum atomic E-state index is 12.2. The van der Waals surface area contributed by atoms with Crippen molar-refractivity contribution in [3.8, 4) is 0 Å². The first kappa shape index (κ1) is 20.6. The zero-order valence-electron chi connectivity index (χ0n) is 15.7. The number of tetrazole rings is 1. The van der Waals surface area contributed by atoms with Gasteiger partial charge in [0.15, 0.2) is 11.9 Å². The van der Waals surface area contributed by atoms with E-state index in [1.54, 1.807) is 0 Å². The summed E-state index contributed by atoms with van der Waals surface area (Å²) in [5.41, 5.74) is 0. The second-order valence-corrected chi connectivity index (χ2v) is 6.31. The molecule has 0 spiro atoms. The third-order valence-corrected chi connectivity index (χ3v) is 4.11. The van der Waals surface area contributed by atoms with Gasteiger partial charge in [0, 0.05) is 6.42 Å². The average Bonchev–Trinajstić information content (AvgIpc) is 3.02. The van der Waals surface area contributed by atoms with E-state index in [2.05, 4.69) is 29.3 Å². The molecule has 6 heteroatoms. The number of hydrogen-bond donors (Lipinski definition) is 0. The number of carbonyl (C=O) groups excluding carboxylic acids is 1. The van der Waals surface area contributed by atoms with Crippen molar-refractivity contribution in [3.63, 3.8) is 0 Å². The maximum absolute atomic E-state index is 12.2. The fourth-order valence-corrected chi connectivity index (χ4v) is 2.75. The highest BCUT2D eigenvalue weighted by molar-refractivity contribution is 5.73. The zero-order chi connectivity index (χ0) is 17.6. The van der Waals surface area contributed by atoms with Gasteiger partial charge in [0.2, 0.25) is 0 Å². The van der Waals surface area contributed by atoms with Gasteiger partial charge in [-0.3, -0.25) is 0 Å². The molecule has 1 atom stereocenters. The highest BCUT2D eigenvalue weighted by Crippen LogP contribution is 2.17. The van der Waals surface area contributed by atoms with Crippen molar-refractivity contribution in [3.05, 3.63) is 5.82 Å². The lowest BCUT2D eigenvalue weighted by atomic mass is 10.0. The summed E-state index contributed by atoms with van der Waals surface area (Å²) >= 11 is 0. The molecule has 1 heterocycles. The van der Waals surface area contributed by atoms with Crippen molar-refractivity contribution >= 4 is 5.97 Å². The van der Waals surface area contributed by atoms with E-state index >= 15 is 0 Å². The van der Waals surface area contributed by atoms with Gasteiger partial charge in [-0.15, -0.1) is 15.0 Å². The molecule has 1 aromatic rings. The Morgan fingerprint density at radius 3 is 2.29 bits per heavy atom. The highest BCUT2D eigenvalue weighted by atomic mass is 16.5. The molecule has 0 aliphatic rings. The van der Waals surface area contributed by atoms with E-state index in [9.17, 15) is 4.79 Å². The maximum Gasteiger partial charge on any atom is 0.332 e. The Morgan fingerprint density at radius 1 is 1.00 bits per heavy atom. The predicted molar refractivity (Wildman–Crippen MR) is 94.7 cm³/mol. The number of aryl methyl sites for hydroxylation is 1. The Hall–Kier alpha value is -1.46. The second kappa shape index (κ2) is 12.9. The molecule has 0 N–H and O–H groups in total. The van der Waals surface area contributed by atoms with Gasteiger partial charge in [-0.05, 0) is 25.0 Å². The van der Waals surface area contributed by atoms with Gasteiger partial charge in [0.05, 0.1) is 6.61 Å². The highest BCUT2D eigenvalue weighted by Gasteiger charge is 2.24. The van der Waals surface area contributed by atoms with Crippen LogP contribution in [0.15, 0.2) is 0 Å². The third-order valence-electron chi connectivity index (χ3n) is 4.11. The van der Waals surface area contributed by atoms with Crippen LogP contribution in [0.5, 0.6) is 0 Å². The first-order valence-electron chi connectivity index (χ1n) is 9.67. The van der Waals surface area contributed by atoms with Gasteiger partial charge >= 0.3 is 5.97 Å². The first-order valence-corrected chi connectivity index (χ1v) is 9.67. The van der Waals surface area contributed by atoms with Crippen LogP contribution >= 0.6 is 0 Å². The molecular weight excluding hydrogens is 304 g/mol. The summed E-state index contributed by atoms with van der Waals surface area (Å²) in [4.78, 5) is 13.6. The number of ether oxygens (including phenoxy) is 1. The molecule has 1 unspecified atom stereocenters. The SMILES string of the molecule is CCCCCCCCCCC(C(=O)OCC)n1nnc(CCC)n1. The van der Waals surface area contributed by atoms with Gasteiger partial charge in [-0.25, -0.2) is 4.79 Å². The Morgan fingerprint density at radius 2 is 1.67 bits per heavy atom. The van der Waals surface area contributed by atoms with Crippen LogP contribution in [0.1, 0.15) is 96.8 Å². The van der Waals surface area contributed by atoms with Crippen LogP contribution in [0.2, 0.25) is 0 Å². The third kappa shape index (κ3) is 7.88. The van der Waals surface area contributed by atoms with Gasteiger partial charge < -0.3 is 4.74 Å². The van der Waals surface area contributed by atoms with Gasteiger partial charge in [-0.2, -0.15) is 0 Å². The minimum Gasteiger partial charge on any atom is -0.464 e. The largest absolute Gasteiger partial charge is 0.464 e.